The van der Waals surface area contributed by atoms with Crippen LogP contribution in [0.1, 0.15) is 66.4 Å². The van der Waals surface area contributed by atoms with Gasteiger partial charge in [-0.3, -0.25) is 14.4 Å². The SMILES string of the molecule is CCCC(F)OC(=O)CCC(CNC(=O)c1c(C)c(N2CCCO2)nc2ccc(Br)cc12)c1cc(F)ccc1Cl. The second kappa shape index (κ2) is 13.7. The summed E-state index contributed by atoms with van der Waals surface area (Å²) in [4.78, 5) is 36.5. The Balaban J connectivity index is 1.60. The van der Waals surface area contributed by atoms with Crippen LogP contribution < -0.4 is 10.4 Å². The van der Waals surface area contributed by atoms with E-state index in [1.165, 1.54) is 18.2 Å². The van der Waals surface area contributed by atoms with E-state index in [1.807, 2.05) is 25.1 Å². The highest BCUT2D eigenvalue weighted by Crippen LogP contribution is 2.33. The average molecular weight is 639 g/mol. The molecule has 1 aromatic heterocycles. The number of nitrogens with zero attached hydrogens (tertiary/aromatic N) is 2. The molecule has 0 radical (unpaired) electrons. The van der Waals surface area contributed by atoms with Crippen LogP contribution in [0.5, 0.6) is 0 Å². The fourth-order valence-corrected chi connectivity index (χ4v) is 5.38. The third-order valence-corrected chi connectivity index (χ3v) is 7.60. The lowest BCUT2D eigenvalue weighted by molar-refractivity contribution is -0.158. The summed E-state index contributed by atoms with van der Waals surface area (Å²) in [5, 5.41) is 5.60. The van der Waals surface area contributed by atoms with Crippen LogP contribution in [-0.4, -0.2) is 42.9 Å². The first-order valence-electron chi connectivity index (χ1n) is 13.2. The van der Waals surface area contributed by atoms with Crippen LogP contribution in [0.15, 0.2) is 40.9 Å². The lowest BCUT2D eigenvalue weighted by Crippen LogP contribution is -2.30. The zero-order valence-electron chi connectivity index (χ0n) is 22.3. The summed E-state index contributed by atoms with van der Waals surface area (Å²) >= 11 is 9.87. The Kier molecular flexibility index (Phi) is 10.3. The van der Waals surface area contributed by atoms with Crippen LogP contribution in [-0.2, 0) is 14.4 Å². The number of hydrogen-bond donors (Lipinski definition) is 1. The fourth-order valence-electron chi connectivity index (χ4n) is 4.75. The standard InChI is InChI=1S/C29H31BrClF2N3O4/c1-3-5-25(33)40-26(37)11-6-18(21-15-20(32)8-9-23(21)31)16-34-29(38)27-17(2)28(36-12-4-13-39-36)35-24-10-7-19(30)14-22(24)27/h7-10,14-15,18,25H,3-6,11-13,16H2,1-2H3,(H,34,38). The van der Waals surface area contributed by atoms with Gasteiger partial charge in [0, 0.05) is 52.3 Å². The van der Waals surface area contributed by atoms with Crippen molar-refractivity contribution in [1.82, 2.24) is 10.3 Å². The molecule has 1 aliphatic rings. The molecule has 4 rings (SSSR count). The molecule has 1 fully saturated rings. The number of carbonyl (C=O) groups excluding carboxylic acids is 2. The van der Waals surface area contributed by atoms with Gasteiger partial charge in [-0.25, -0.2) is 18.8 Å². The number of alkyl halides is 1. The van der Waals surface area contributed by atoms with E-state index in [0.29, 0.717) is 58.0 Å². The maximum Gasteiger partial charge on any atom is 0.308 e. The van der Waals surface area contributed by atoms with E-state index in [2.05, 4.69) is 21.2 Å². The first-order chi connectivity index (χ1) is 19.2. The van der Waals surface area contributed by atoms with Crippen molar-refractivity contribution in [3.8, 4) is 0 Å². The number of esters is 1. The van der Waals surface area contributed by atoms with Gasteiger partial charge < -0.3 is 10.1 Å². The number of benzene rings is 2. The molecular formula is C29H31BrClF2N3O4. The molecule has 2 atom stereocenters. The molecule has 1 amide bonds. The van der Waals surface area contributed by atoms with Gasteiger partial charge in [0.1, 0.15) is 5.82 Å². The molecule has 40 heavy (non-hydrogen) atoms. The number of hydroxylamine groups is 1. The van der Waals surface area contributed by atoms with Gasteiger partial charge in [0.2, 0.25) is 6.36 Å². The number of fused-ring (bicyclic) bond motifs is 1. The lowest BCUT2D eigenvalue weighted by atomic mass is 9.93. The average Bonchev–Trinajstić information content (AvgIpc) is 3.45. The first-order valence-corrected chi connectivity index (χ1v) is 14.4. The second-order valence-corrected chi connectivity index (χ2v) is 11.0. The molecule has 1 N–H and O–H groups in total. The zero-order chi connectivity index (χ0) is 28.8. The van der Waals surface area contributed by atoms with Gasteiger partial charge in [0.05, 0.1) is 17.7 Å². The summed E-state index contributed by atoms with van der Waals surface area (Å²) in [5.74, 6) is -1.54. The minimum Gasteiger partial charge on any atom is -0.431 e. The number of nitrogens with one attached hydrogen (secondary N) is 1. The van der Waals surface area contributed by atoms with Crippen molar-refractivity contribution in [2.24, 2.45) is 0 Å². The Labute approximate surface area is 245 Å². The number of rotatable bonds is 11. The molecule has 2 aromatic carbocycles. The maximum absolute atomic E-state index is 14.2. The number of hydrogen-bond acceptors (Lipinski definition) is 6. The predicted molar refractivity (Wildman–Crippen MR) is 154 cm³/mol. The molecule has 0 aliphatic carbocycles. The van der Waals surface area contributed by atoms with Gasteiger partial charge in [-0.15, -0.1) is 0 Å². The largest absolute Gasteiger partial charge is 0.431 e. The Morgan fingerprint density at radius 1 is 1.25 bits per heavy atom. The highest BCUT2D eigenvalue weighted by atomic mass is 79.9. The van der Waals surface area contributed by atoms with E-state index in [1.54, 1.807) is 12.0 Å². The van der Waals surface area contributed by atoms with Gasteiger partial charge in [-0.1, -0.05) is 34.5 Å². The van der Waals surface area contributed by atoms with Gasteiger partial charge in [-0.05, 0) is 68.1 Å². The fraction of sp³-hybridized carbons (Fsp3) is 0.414. The van der Waals surface area contributed by atoms with Crippen molar-refractivity contribution in [1.29, 1.82) is 0 Å². The summed E-state index contributed by atoms with van der Waals surface area (Å²) < 4.78 is 33.6. The molecule has 214 valence electrons. The summed E-state index contributed by atoms with van der Waals surface area (Å²) in [6.45, 7) is 4.89. The van der Waals surface area contributed by atoms with Gasteiger partial charge in [0.15, 0.2) is 5.82 Å². The quantitative estimate of drug-likeness (QED) is 0.224. The smallest absolute Gasteiger partial charge is 0.308 e. The molecule has 2 heterocycles. The third kappa shape index (κ3) is 7.27. The maximum atomic E-state index is 14.2. The molecule has 1 saturated heterocycles. The summed E-state index contributed by atoms with van der Waals surface area (Å²) in [6, 6.07) is 9.46. The zero-order valence-corrected chi connectivity index (χ0v) is 24.7. The van der Waals surface area contributed by atoms with Gasteiger partial charge in [0.25, 0.3) is 5.91 Å². The predicted octanol–water partition coefficient (Wildman–Crippen LogP) is 7.17. The van der Waals surface area contributed by atoms with Crippen LogP contribution >= 0.6 is 27.5 Å². The minimum absolute atomic E-state index is 0.0517. The van der Waals surface area contributed by atoms with Crippen LogP contribution in [0.25, 0.3) is 10.9 Å². The van der Waals surface area contributed by atoms with Crippen molar-refractivity contribution in [2.75, 3.05) is 24.8 Å². The molecule has 0 bridgehead atoms. The van der Waals surface area contributed by atoms with Crippen LogP contribution in [0.2, 0.25) is 5.02 Å². The van der Waals surface area contributed by atoms with Crippen molar-refractivity contribution in [3.63, 3.8) is 0 Å². The number of carbonyl (C=O) groups is 2. The van der Waals surface area contributed by atoms with Crippen molar-refractivity contribution in [2.45, 2.75) is 58.2 Å². The molecule has 0 saturated carbocycles. The van der Waals surface area contributed by atoms with E-state index in [4.69, 9.17) is 26.2 Å². The third-order valence-electron chi connectivity index (χ3n) is 6.76. The Bertz CT molecular complexity index is 1390. The van der Waals surface area contributed by atoms with Gasteiger partial charge in [-0.2, -0.15) is 0 Å². The number of amides is 1. The molecule has 0 spiro atoms. The van der Waals surface area contributed by atoms with E-state index in [0.717, 1.165) is 10.9 Å². The van der Waals surface area contributed by atoms with E-state index >= 15 is 0 Å². The summed E-state index contributed by atoms with van der Waals surface area (Å²) in [5.41, 5.74) is 2.15. The lowest BCUT2D eigenvalue weighted by Gasteiger charge is -2.22. The summed E-state index contributed by atoms with van der Waals surface area (Å²) in [7, 11) is 0. The number of anilines is 1. The second-order valence-electron chi connectivity index (χ2n) is 9.69. The molecule has 1 aliphatic heterocycles. The molecule has 7 nitrogen and oxygen atoms in total. The highest BCUT2D eigenvalue weighted by Gasteiger charge is 2.26. The number of ether oxygens (including phenoxy) is 1. The molecular weight excluding hydrogens is 608 g/mol. The Hall–Kier alpha value is -2.82. The minimum atomic E-state index is -1.68. The van der Waals surface area contributed by atoms with E-state index < -0.39 is 24.1 Å². The number of pyridine rings is 1. The van der Waals surface area contributed by atoms with Crippen LogP contribution in [0.3, 0.4) is 0 Å². The van der Waals surface area contributed by atoms with Gasteiger partial charge >= 0.3 is 5.97 Å². The topological polar surface area (TPSA) is 80.8 Å². The van der Waals surface area contributed by atoms with Crippen molar-refractivity contribution >= 4 is 56.1 Å². The highest BCUT2D eigenvalue weighted by molar-refractivity contribution is 9.10. The van der Waals surface area contributed by atoms with E-state index in [-0.39, 0.29) is 31.7 Å². The number of halogens is 4. The Morgan fingerprint density at radius 2 is 2.05 bits per heavy atom. The molecule has 2 unspecified atom stereocenters. The molecule has 11 heteroatoms. The van der Waals surface area contributed by atoms with E-state index in [9.17, 15) is 18.4 Å². The Morgan fingerprint density at radius 3 is 2.77 bits per heavy atom. The first kappa shape index (κ1) is 30.1. The molecule has 3 aromatic rings. The van der Waals surface area contributed by atoms with Crippen LogP contribution in [0.4, 0.5) is 14.6 Å². The normalized spacial score (nSPS) is 14.8. The van der Waals surface area contributed by atoms with Crippen LogP contribution in [0, 0.1) is 12.7 Å². The monoisotopic (exact) mass is 637 g/mol. The summed E-state index contributed by atoms with van der Waals surface area (Å²) in [6.07, 6.45) is -0.146. The van der Waals surface area contributed by atoms with Crippen molar-refractivity contribution in [3.05, 3.63) is 68.4 Å². The number of aromatic nitrogens is 1. The van der Waals surface area contributed by atoms with Crippen molar-refractivity contribution < 1.29 is 27.9 Å².